The Balaban J connectivity index is 2.04. The van der Waals surface area contributed by atoms with Crippen molar-refractivity contribution < 1.29 is 8.42 Å². The van der Waals surface area contributed by atoms with Crippen LogP contribution < -0.4 is 4.72 Å². The van der Waals surface area contributed by atoms with E-state index in [4.69, 9.17) is 0 Å². The largest absolute Gasteiger partial charge is 0.334 e. The average Bonchev–Trinajstić information content (AvgIpc) is 2.89. The van der Waals surface area contributed by atoms with Gasteiger partial charge in [0.1, 0.15) is 0 Å². The number of aromatic amines is 1. The van der Waals surface area contributed by atoms with Crippen molar-refractivity contribution in [2.24, 2.45) is 0 Å². The van der Waals surface area contributed by atoms with Crippen molar-refractivity contribution >= 4 is 26.7 Å². The van der Waals surface area contributed by atoms with Gasteiger partial charge in [0, 0.05) is 0 Å². The number of fused-ring (bicyclic) bond motifs is 1. The van der Waals surface area contributed by atoms with E-state index in [0.717, 1.165) is 0 Å². The Kier molecular flexibility index (Phi) is 2.72. The molecule has 3 rings (SSSR count). The van der Waals surface area contributed by atoms with Crippen LogP contribution in [0.25, 0.3) is 11.0 Å². The van der Waals surface area contributed by atoms with Gasteiger partial charge in [-0.25, -0.2) is 13.4 Å². The highest BCUT2D eigenvalue weighted by Crippen LogP contribution is 2.22. The number of nitrogens with one attached hydrogen (secondary N) is 2. The summed E-state index contributed by atoms with van der Waals surface area (Å²) in [6.07, 6.45) is 2.59. The van der Waals surface area contributed by atoms with Crippen LogP contribution in [-0.2, 0) is 10.0 Å². The van der Waals surface area contributed by atoms with E-state index in [0.29, 0.717) is 16.7 Å². The van der Waals surface area contributed by atoms with E-state index in [1.54, 1.807) is 48.5 Å². The second kappa shape index (κ2) is 4.40. The lowest BCUT2D eigenvalue weighted by atomic mass is 10.3. The normalized spacial score (nSPS) is 11.6. The molecule has 1 heterocycles. The Morgan fingerprint density at radius 2 is 1.84 bits per heavy atom. The number of nitrogens with zero attached hydrogens (tertiary/aromatic N) is 1. The van der Waals surface area contributed by atoms with Crippen LogP contribution in [0, 0.1) is 6.33 Å². The number of aromatic nitrogens is 2. The third-order valence-corrected chi connectivity index (χ3v) is 4.08. The second-order valence-corrected chi connectivity index (χ2v) is 5.65. The highest BCUT2D eigenvalue weighted by atomic mass is 32.2. The van der Waals surface area contributed by atoms with Crippen LogP contribution >= 0.6 is 0 Å². The fraction of sp³-hybridized carbons (Fsp3) is 0. The van der Waals surface area contributed by atoms with Gasteiger partial charge in [0.15, 0.2) is 6.33 Å². The number of hydrogen-bond donors (Lipinski definition) is 2. The minimum atomic E-state index is -3.59. The minimum Gasteiger partial charge on any atom is -0.334 e. The number of anilines is 1. The summed E-state index contributed by atoms with van der Waals surface area (Å²) in [7, 11) is -3.59. The predicted molar refractivity (Wildman–Crippen MR) is 72.2 cm³/mol. The third-order valence-electron chi connectivity index (χ3n) is 2.70. The lowest BCUT2D eigenvalue weighted by molar-refractivity contribution is 0.601. The van der Waals surface area contributed by atoms with Crippen molar-refractivity contribution in [1.82, 2.24) is 9.97 Å². The van der Waals surface area contributed by atoms with Crippen LogP contribution in [0.3, 0.4) is 0 Å². The molecule has 6 heteroatoms. The number of benzene rings is 2. The summed E-state index contributed by atoms with van der Waals surface area (Å²) < 4.78 is 27.0. The van der Waals surface area contributed by atoms with Crippen LogP contribution in [0.2, 0.25) is 0 Å². The van der Waals surface area contributed by atoms with E-state index in [-0.39, 0.29) is 4.90 Å². The Morgan fingerprint density at radius 3 is 2.63 bits per heavy atom. The van der Waals surface area contributed by atoms with Gasteiger partial charge in [0.2, 0.25) is 0 Å². The van der Waals surface area contributed by atoms with Gasteiger partial charge in [-0.05, 0) is 24.3 Å². The van der Waals surface area contributed by atoms with Crippen molar-refractivity contribution in [3.05, 3.63) is 54.9 Å². The van der Waals surface area contributed by atoms with Crippen molar-refractivity contribution in [3.8, 4) is 0 Å². The fourth-order valence-electron chi connectivity index (χ4n) is 1.80. The molecular weight excluding hydrogens is 262 g/mol. The number of rotatable bonds is 3. The summed E-state index contributed by atoms with van der Waals surface area (Å²) in [6, 6.07) is 13.4. The first-order chi connectivity index (χ1) is 9.17. The van der Waals surface area contributed by atoms with Crippen LogP contribution in [-0.4, -0.2) is 18.4 Å². The average molecular weight is 272 g/mol. The summed E-state index contributed by atoms with van der Waals surface area (Å²) in [4.78, 5) is 6.98. The second-order valence-electron chi connectivity index (χ2n) is 3.97. The zero-order chi connectivity index (χ0) is 13.3. The molecule has 0 saturated heterocycles. The molecule has 1 aromatic heterocycles. The molecule has 0 aliphatic heterocycles. The molecule has 0 saturated carbocycles. The molecule has 0 bridgehead atoms. The highest BCUT2D eigenvalue weighted by molar-refractivity contribution is 7.92. The van der Waals surface area contributed by atoms with Crippen LogP contribution in [0.1, 0.15) is 0 Å². The molecule has 19 heavy (non-hydrogen) atoms. The van der Waals surface area contributed by atoms with Gasteiger partial charge in [-0.3, -0.25) is 4.72 Å². The molecule has 0 amide bonds. The SMILES string of the molecule is O=S(=O)(Nc1cccc2n[c][nH]c12)c1ccccc1. The summed E-state index contributed by atoms with van der Waals surface area (Å²) in [5.41, 5.74) is 1.73. The molecule has 5 nitrogen and oxygen atoms in total. The molecule has 95 valence electrons. The van der Waals surface area contributed by atoms with Gasteiger partial charge in [-0.2, -0.15) is 0 Å². The number of imidazole rings is 1. The van der Waals surface area contributed by atoms with E-state index in [2.05, 4.69) is 21.0 Å². The lowest BCUT2D eigenvalue weighted by Gasteiger charge is -2.08. The van der Waals surface area contributed by atoms with Crippen LogP contribution in [0.15, 0.2) is 53.4 Å². The zero-order valence-electron chi connectivity index (χ0n) is 9.79. The monoisotopic (exact) mass is 272 g/mol. The van der Waals surface area contributed by atoms with Crippen molar-refractivity contribution in [2.75, 3.05) is 4.72 Å². The summed E-state index contributed by atoms with van der Waals surface area (Å²) in [5, 5.41) is 0. The quantitative estimate of drug-likeness (QED) is 0.767. The zero-order valence-corrected chi connectivity index (χ0v) is 10.6. The molecule has 1 radical (unpaired) electrons. The molecule has 0 atom stereocenters. The molecular formula is C13H10N3O2S. The van der Waals surface area contributed by atoms with E-state index >= 15 is 0 Å². The van der Waals surface area contributed by atoms with Crippen LogP contribution in [0.4, 0.5) is 5.69 Å². The Hall–Kier alpha value is -2.34. The standard InChI is InChI=1S/C13H10N3O2S/c17-19(18,10-5-2-1-3-6-10)16-12-8-4-7-11-13(12)15-9-14-11/h1-8,16H,(H,14,15). The topological polar surface area (TPSA) is 74.8 Å². The summed E-state index contributed by atoms with van der Waals surface area (Å²) in [5.74, 6) is 0. The summed E-state index contributed by atoms with van der Waals surface area (Å²) in [6.45, 7) is 0. The molecule has 0 aliphatic carbocycles. The van der Waals surface area contributed by atoms with Gasteiger partial charge in [-0.1, -0.05) is 24.3 Å². The van der Waals surface area contributed by atoms with Gasteiger partial charge in [0.05, 0.1) is 21.6 Å². The third kappa shape index (κ3) is 2.17. The molecule has 0 unspecified atom stereocenters. The highest BCUT2D eigenvalue weighted by Gasteiger charge is 2.15. The molecule has 0 spiro atoms. The maximum absolute atomic E-state index is 12.2. The minimum absolute atomic E-state index is 0.218. The van der Waals surface area contributed by atoms with Crippen molar-refractivity contribution in [2.45, 2.75) is 4.90 Å². The number of hydrogen-bond acceptors (Lipinski definition) is 3. The Bertz CT molecular complexity index is 810. The van der Waals surface area contributed by atoms with Gasteiger partial charge >= 0.3 is 0 Å². The van der Waals surface area contributed by atoms with E-state index in [9.17, 15) is 8.42 Å². The fourth-order valence-corrected chi connectivity index (χ4v) is 2.89. The van der Waals surface area contributed by atoms with E-state index < -0.39 is 10.0 Å². The van der Waals surface area contributed by atoms with Crippen LogP contribution in [0.5, 0.6) is 0 Å². The molecule has 0 fully saturated rings. The predicted octanol–water partition coefficient (Wildman–Crippen LogP) is 2.16. The lowest BCUT2D eigenvalue weighted by Crippen LogP contribution is -2.13. The number of H-pyrrole nitrogens is 1. The van der Waals surface area contributed by atoms with Gasteiger partial charge in [-0.15, -0.1) is 0 Å². The smallest absolute Gasteiger partial charge is 0.261 e. The van der Waals surface area contributed by atoms with E-state index in [1.807, 2.05) is 0 Å². The van der Waals surface area contributed by atoms with E-state index in [1.165, 1.54) is 0 Å². The first-order valence-corrected chi connectivity index (χ1v) is 7.08. The first kappa shape index (κ1) is 11.7. The number of sulfonamides is 1. The van der Waals surface area contributed by atoms with Crippen molar-refractivity contribution in [3.63, 3.8) is 0 Å². The molecule has 3 aromatic rings. The van der Waals surface area contributed by atoms with Crippen molar-refractivity contribution in [1.29, 1.82) is 0 Å². The maximum Gasteiger partial charge on any atom is 0.261 e. The Morgan fingerprint density at radius 1 is 1.05 bits per heavy atom. The maximum atomic E-state index is 12.2. The van der Waals surface area contributed by atoms with Gasteiger partial charge < -0.3 is 4.98 Å². The molecule has 2 aromatic carbocycles. The first-order valence-electron chi connectivity index (χ1n) is 5.59. The summed E-state index contributed by atoms with van der Waals surface area (Å²) >= 11 is 0. The Labute approximate surface area is 110 Å². The molecule has 2 N–H and O–H groups in total. The van der Waals surface area contributed by atoms with Gasteiger partial charge in [0.25, 0.3) is 10.0 Å². The molecule has 0 aliphatic rings. The number of para-hydroxylation sites is 1.